The number of rotatable bonds is 5. The molecule has 2 rings (SSSR count). The number of hydrogen-bond acceptors (Lipinski definition) is 3. The van der Waals surface area contributed by atoms with E-state index in [1.807, 2.05) is 0 Å². The molecular formula is C15H26N2O3. The van der Waals surface area contributed by atoms with Crippen LogP contribution in [-0.2, 0) is 9.59 Å². The molecule has 2 fully saturated rings. The Morgan fingerprint density at radius 3 is 2.30 bits per heavy atom. The molecule has 0 radical (unpaired) electrons. The minimum Gasteiger partial charge on any atom is -0.481 e. The van der Waals surface area contributed by atoms with E-state index < -0.39 is 5.97 Å². The molecule has 0 bridgehead atoms. The number of nitrogens with one attached hydrogen (secondary N) is 1. The molecular weight excluding hydrogens is 256 g/mol. The Kier molecular flexibility index (Phi) is 4.68. The summed E-state index contributed by atoms with van der Waals surface area (Å²) < 4.78 is 0. The lowest BCUT2D eigenvalue weighted by atomic mass is 9.95. The van der Waals surface area contributed by atoms with Crippen LogP contribution in [0.3, 0.4) is 0 Å². The summed E-state index contributed by atoms with van der Waals surface area (Å²) in [5.41, 5.74) is 0.0977. The van der Waals surface area contributed by atoms with E-state index in [2.05, 4.69) is 24.3 Å². The highest BCUT2D eigenvalue weighted by Gasteiger charge is 2.38. The summed E-state index contributed by atoms with van der Waals surface area (Å²) in [5, 5.41) is 12.1. The lowest BCUT2D eigenvalue weighted by Gasteiger charge is -2.36. The fourth-order valence-corrected chi connectivity index (χ4v) is 3.66. The van der Waals surface area contributed by atoms with Gasteiger partial charge in [-0.15, -0.1) is 0 Å². The molecule has 5 nitrogen and oxygen atoms in total. The highest BCUT2D eigenvalue weighted by atomic mass is 16.4. The number of hydrogen-bond donors (Lipinski definition) is 2. The number of carbonyl (C=O) groups is 2. The predicted octanol–water partition coefficient (Wildman–Crippen LogP) is 1.48. The number of aliphatic carboxylic acids is 1. The molecule has 0 saturated heterocycles. The zero-order chi connectivity index (χ0) is 14.8. The van der Waals surface area contributed by atoms with Crippen LogP contribution in [0, 0.1) is 11.8 Å². The summed E-state index contributed by atoms with van der Waals surface area (Å²) in [6.45, 7) is 0.688. The molecule has 0 heterocycles. The van der Waals surface area contributed by atoms with Crippen LogP contribution in [0.15, 0.2) is 0 Å². The van der Waals surface area contributed by atoms with Gasteiger partial charge in [0.1, 0.15) is 0 Å². The number of carboxylic acid groups (broad SMARTS) is 1. The first-order valence-corrected chi connectivity index (χ1v) is 7.62. The number of carboxylic acids is 1. The largest absolute Gasteiger partial charge is 0.481 e. The maximum Gasteiger partial charge on any atom is 0.306 e. The summed E-state index contributed by atoms with van der Waals surface area (Å²) in [5.74, 6) is -1.17. The third kappa shape index (κ3) is 3.14. The van der Waals surface area contributed by atoms with Crippen LogP contribution in [0.5, 0.6) is 0 Å². The van der Waals surface area contributed by atoms with Gasteiger partial charge < -0.3 is 15.3 Å². The third-order valence-electron chi connectivity index (χ3n) is 5.23. The molecule has 2 N–H and O–H groups in total. The minimum absolute atomic E-state index is 0.0434. The average molecular weight is 282 g/mol. The quantitative estimate of drug-likeness (QED) is 0.801. The number of carbonyl (C=O) groups excluding carboxylic acids is 1. The Morgan fingerprint density at radius 2 is 1.80 bits per heavy atom. The normalized spacial score (nSPS) is 28.8. The van der Waals surface area contributed by atoms with Crippen molar-refractivity contribution in [2.24, 2.45) is 11.8 Å². The highest BCUT2D eigenvalue weighted by molar-refractivity contribution is 5.80. The predicted molar refractivity (Wildman–Crippen MR) is 76.4 cm³/mol. The van der Waals surface area contributed by atoms with Crippen LogP contribution < -0.4 is 5.32 Å². The van der Waals surface area contributed by atoms with Gasteiger partial charge in [-0.2, -0.15) is 0 Å². The Morgan fingerprint density at radius 1 is 1.20 bits per heavy atom. The number of nitrogens with zero attached hydrogens (tertiary/aromatic N) is 1. The van der Waals surface area contributed by atoms with Gasteiger partial charge in [-0.05, 0) is 46.2 Å². The molecule has 114 valence electrons. The second-order valence-corrected chi connectivity index (χ2v) is 6.59. The summed E-state index contributed by atoms with van der Waals surface area (Å²) >= 11 is 0. The van der Waals surface area contributed by atoms with Crippen molar-refractivity contribution in [1.29, 1.82) is 0 Å². The van der Waals surface area contributed by atoms with Gasteiger partial charge in [-0.3, -0.25) is 9.59 Å². The molecule has 5 heteroatoms. The van der Waals surface area contributed by atoms with Crippen molar-refractivity contribution in [1.82, 2.24) is 10.2 Å². The van der Waals surface area contributed by atoms with Crippen LogP contribution >= 0.6 is 0 Å². The first-order chi connectivity index (χ1) is 9.44. The Bertz CT molecular complexity index is 375. The van der Waals surface area contributed by atoms with E-state index in [1.165, 1.54) is 12.8 Å². The second kappa shape index (κ2) is 6.12. The number of amides is 1. The standard InChI is InChI=1S/C15H26N2O3/c1-17(2)15(7-3-4-8-15)10-16-13(18)11-5-6-12(9-11)14(19)20/h11-12H,3-10H2,1-2H3,(H,16,18)(H,19,20)/t11-,12+/m1/s1. The van der Waals surface area contributed by atoms with Crippen molar-refractivity contribution >= 4 is 11.9 Å². The van der Waals surface area contributed by atoms with E-state index in [1.54, 1.807) is 0 Å². The fraction of sp³-hybridized carbons (Fsp3) is 0.867. The van der Waals surface area contributed by atoms with Crippen molar-refractivity contribution < 1.29 is 14.7 Å². The fourth-order valence-electron chi connectivity index (χ4n) is 3.66. The molecule has 2 atom stereocenters. The van der Waals surface area contributed by atoms with Crippen LogP contribution in [0.1, 0.15) is 44.9 Å². The maximum absolute atomic E-state index is 12.2. The van der Waals surface area contributed by atoms with E-state index in [9.17, 15) is 9.59 Å². The molecule has 0 aromatic carbocycles. The lowest BCUT2D eigenvalue weighted by molar-refractivity contribution is -0.141. The summed E-state index contributed by atoms with van der Waals surface area (Å²) in [6.07, 6.45) is 6.53. The van der Waals surface area contributed by atoms with Gasteiger partial charge in [0.2, 0.25) is 5.91 Å². The van der Waals surface area contributed by atoms with Crippen LogP contribution in [0.2, 0.25) is 0 Å². The summed E-state index contributed by atoms with van der Waals surface area (Å²) in [4.78, 5) is 25.4. The van der Waals surface area contributed by atoms with Gasteiger partial charge in [-0.25, -0.2) is 0 Å². The zero-order valence-corrected chi connectivity index (χ0v) is 12.5. The molecule has 2 aliphatic rings. The van der Waals surface area contributed by atoms with E-state index >= 15 is 0 Å². The smallest absolute Gasteiger partial charge is 0.306 e. The lowest BCUT2D eigenvalue weighted by Crippen LogP contribution is -2.51. The van der Waals surface area contributed by atoms with E-state index in [4.69, 9.17) is 5.11 Å². The van der Waals surface area contributed by atoms with Crippen molar-refractivity contribution in [3.05, 3.63) is 0 Å². The number of likely N-dealkylation sites (N-methyl/N-ethyl adjacent to an activating group) is 1. The molecule has 2 aliphatic carbocycles. The molecule has 0 spiro atoms. The van der Waals surface area contributed by atoms with Crippen molar-refractivity contribution in [2.75, 3.05) is 20.6 Å². The second-order valence-electron chi connectivity index (χ2n) is 6.59. The topological polar surface area (TPSA) is 69.6 Å². The molecule has 20 heavy (non-hydrogen) atoms. The first-order valence-electron chi connectivity index (χ1n) is 7.62. The maximum atomic E-state index is 12.2. The highest BCUT2D eigenvalue weighted by Crippen LogP contribution is 2.34. The molecule has 1 amide bonds. The van der Waals surface area contributed by atoms with Gasteiger partial charge in [-0.1, -0.05) is 12.8 Å². The van der Waals surface area contributed by atoms with Crippen molar-refractivity contribution in [3.8, 4) is 0 Å². The van der Waals surface area contributed by atoms with Crippen LogP contribution in [0.25, 0.3) is 0 Å². The van der Waals surface area contributed by atoms with Gasteiger partial charge in [0.15, 0.2) is 0 Å². The monoisotopic (exact) mass is 282 g/mol. The van der Waals surface area contributed by atoms with Crippen LogP contribution in [0.4, 0.5) is 0 Å². The molecule has 0 aromatic rings. The van der Waals surface area contributed by atoms with Crippen molar-refractivity contribution in [3.63, 3.8) is 0 Å². The average Bonchev–Trinajstić information content (AvgIpc) is 3.06. The summed E-state index contributed by atoms with van der Waals surface area (Å²) in [7, 11) is 4.15. The molecule has 0 unspecified atom stereocenters. The Hall–Kier alpha value is -1.10. The molecule has 0 aliphatic heterocycles. The zero-order valence-electron chi connectivity index (χ0n) is 12.5. The Balaban J connectivity index is 1.85. The van der Waals surface area contributed by atoms with Crippen molar-refractivity contribution in [2.45, 2.75) is 50.5 Å². The van der Waals surface area contributed by atoms with Gasteiger partial charge in [0, 0.05) is 18.0 Å². The van der Waals surface area contributed by atoms with Crippen LogP contribution in [-0.4, -0.2) is 48.1 Å². The minimum atomic E-state index is -0.763. The van der Waals surface area contributed by atoms with Gasteiger partial charge in [0.25, 0.3) is 0 Å². The van der Waals surface area contributed by atoms with E-state index in [0.717, 1.165) is 12.8 Å². The molecule has 0 aromatic heterocycles. The van der Waals surface area contributed by atoms with Gasteiger partial charge in [0.05, 0.1) is 5.92 Å². The Labute approximate surface area is 120 Å². The van der Waals surface area contributed by atoms with E-state index in [0.29, 0.717) is 25.8 Å². The first kappa shape index (κ1) is 15.3. The molecule has 2 saturated carbocycles. The third-order valence-corrected chi connectivity index (χ3v) is 5.23. The van der Waals surface area contributed by atoms with Gasteiger partial charge >= 0.3 is 5.97 Å². The van der Waals surface area contributed by atoms with E-state index in [-0.39, 0.29) is 23.3 Å². The summed E-state index contributed by atoms with van der Waals surface area (Å²) in [6, 6.07) is 0. The SMILES string of the molecule is CN(C)C1(CNC(=O)[C@@H]2CC[C@H](C(=O)O)C2)CCCC1.